The van der Waals surface area contributed by atoms with Crippen molar-refractivity contribution in [2.24, 2.45) is 0 Å². The van der Waals surface area contributed by atoms with E-state index in [0.717, 1.165) is 17.1 Å². The van der Waals surface area contributed by atoms with E-state index in [1.165, 1.54) is 12.1 Å². The minimum atomic E-state index is -1.64. The van der Waals surface area contributed by atoms with Crippen LogP contribution >= 0.6 is 0 Å². The molecule has 0 aliphatic rings. The van der Waals surface area contributed by atoms with Crippen molar-refractivity contribution in [3.8, 4) is 5.69 Å². The van der Waals surface area contributed by atoms with Gasteiger partial charge in [0.2, 0.25) is 0 Å². The largest absolute Gasteiger partial charge is 0.293 e. The van der Waals surface area contributed by atoms with Gasteiger partial charge in [-0.1, -0.05) is 0 Å². The highest BCUT2D eigenvalue weighted by atomic mass is 19.2. The predicted octanol–water partition coefficient (Wildman–Crippen LogP) is 3.80. The quantitative estimate of drug-likeness (QED) is 0.412. The fourth-order valence-electron chi connectivity index (χ4n) is 2.52. The molecule has 0 saturated heterocycles. The number of nitrogens with one attached hydrogen (secondary N) is 2. The number of benzene rings is 2. The number of rotatable bonds is 4. The van der Waals surface area contributed by atoms with Crippen LogP contribution in [0.15, 0.2) is 36.4 Å². The summed E-state index contributed by atoms with van der Waals surface area (Å²) in [5.74, 6) is -7.21. The molecule has 140 valence electrons. The van der Waals surface area contributed by atoms with Crippen molar-refractivity contribution >= 4 is 11.6 Å². The van der Waals surface area contributed by atoms with Crippen LogP contribution in [0.25, 0.3) is 5.69 Å². The summed E-state index contributed by atoms with van der Waals surface area (Å²) in [6.07, 6.45) is 0. The van der Waals surface area contributed by atoms with Gasteiger partial charge in [0, 0.05) is 17.3 Å². The summed E-state index contributed by atoms with van der Waals surface area (Å²) in [5, 5.41) is 4.32. The van der Waals surface area contributed by atoms with Crippen LogP contribution in [0.2, 0.25) is 0 Å². The third-order valence-electron chi connectivity index (χ3n) is 3.80. The minimum absolute atomic E-state index is 0.0787. The van der Waals surface area contributed by atoms with E-state index in [9.17, 15) is 22.4 Å². The molecule has 5 nitrogen and oxygen atoms in total. The summed E-state index contributed by atoms with van der Waals surface area (Å²) in [5.41, 5.74) is 5.37. The summed E-state index contributed by atoms with van der Waals surface area (Å²) in [4.78, 5) is 12.1. The first-order valence-electron chi connectivity index (χ1n) is 7.81. The zero-order valence-electron chi connectivity index (χ0n) is 14.3. The number of hydrazine groups is 1. The molecule has 0 radical (unpaired) electrons. The van der Waals surface area contributed by atoms with E-state index in [4.69, 9.17) is 0 Å². The summed E-state index contributed by atoms with van der Waals surface area (Å²) >= 11 is 0. The Morgan fingerprint density at radius 3 is 2.07 bits per heavy atom. The highest BCUT2D eigenvalue weighted by Crippen LogP contribution is 2.23. The van der Waals surface area contributed by atoms with Crippen molar-refractivity contribution in [3.05, 3.63) is 76.6 Å². The van der Waals surface area contributed by atoms with Crippen LogP contribution in [0.1, 0.15) is 21.7 Å². The number of carbonyl (C=O) groups is 1. The van der Waals surface area contributed by atoms with Gasteiger partial charge in [-0.05, 0) is 44.2 Å². The molecule has 2 N–H and O–H groups in total. The second-order valence-corrected chi connectivity index (χ2v) is 5.81. The van der Waals surface area contributed by atoms with Crippen LogP contribution in [0.4, 0.5) is 23.2 Å². The molecular formula is C18H14F4N4O. The van der Waals surface area contributed by atoms with Gasteiger partial charge in [0.15, 0.2) is 23.3 Å². The number of halogens is 4. The standard InChI is InChI=1S/C18H14F4N4O/c1-9-7-10(2)26(25-9)12-5-3-11(4-6-12)18(27)24-23-17-15(21)13(19)8-14(20)16(17)22/h3-8,23H,1-2H3,(H,24,27). The Bertz CT molecular complexity index is 989. The third kappa shape index (κ3) is 3.62. The van der Waals surface area contributed by atoms with Gasteiger partial charge in [-0.3, -0.25) is 15.6 Å². The van der Waals surface area contributed by atoms with Crippen molar-refractivity contribution in [3.63, 3.8) is 0 Å². The monoisotopic (exact) mass is 378 g/mol. The van der Waals surface area contributed by atoms with Crippen molar-refractivity contribution in [1.29, 1.82) is 0 Å². The molecule has 0 aliphatic heterocycles. The molecular weight excluding hydrogens is 364 g/mol. The number of aromatic nitrogens is 2. The van der Waals surface area contributed by atoms with E-state index in [0.29, 0.717) is 0 Å². The summed E-state index contributed by atoms with van der Waals surface area (Å²) in [7, 11) is 0. The summed E-state index contributed by atoms with van der Waals surface area (Å²) < 4.78 is 55.2. The molecule has 0 saturated carbocycles. The van der Waals surface area contributed by atoms with Crippen molar-refractivity contribution in [1.82, 2.24) is 15.2 Å². The van der Waals surface area contributed by atoms with E-state index >= 15 is 0 Å². The molecule has 1 aromatic heterocycles. The number of amides is 1. The van der Waals surface area contributed by atoms with Gasteiger partial charge in [0.25, 0.3) is 5.91 Å². The lowest BCUT2D eigenvalue weighted by Gasteiger charge is -2.11. The highest BCUT2D eigenvalue weighted by Gasteiger charge is 2.19. The molecule has 0 aliphatic carbocycles. The number of aryl methyl sites for hydroxylation is 2. The lowest BCUT2D eigenvalue weighted by atomic mass is 10.2. The molecule has 0 atom stereocenters. The van der Waals surface area contributed by atoms with Crippen molar-refractivity contribution < 1.29 is 22.4 Å². The van der Waals surface area contributed by atoms with Gasteiger partial charge in [0.05, 0.1) is 11.4 Å². The Kier molecular flexibility index (Phi) is 4.85. The number of hydrogen-bond donors (Lipinski definition) is 2. The highest BCUT2D eigenvalue weighted by molar-refractivity contribution is 5.95. The first-order chi connectivity index (χ1) is 12.8. The van der Waals surface area contributed by atoms with Gasteiger partial charge in [-0.15, -0.1) is 0 Å². The molecule has 3 rings (SSSR count). The number of hydrogen-bond acceptors (Lipinski definition) is 3. The second-order valence-electron chi connectivity index (χ2n) is 5.81. The molecule has 9 heteroatoms. The minimum Gasteiger partial charge on any atom is -0.293 e. The third-order valence-corrected chi connectivity index (χ3v) is 3.80. The maximum atomic E-state index is 13.6. The second kappa shape index (κ2) is 7.10. The fourth-order valence-corrected chi connectivity index (χ4v) is 2.52. The summed E-state index contributed by atoms with van der Waals surface area (Å²) in [6.45, 7) is 3.73. The average molecular weight is 378 g/mol. The van der Waals surface area contributed by atoms with E-state index in [1.54, 1.807) is 16.8 Å². The van der Waals surface area contributed by atoms with Crippen LogP contribution in [-0.4, -0.2) is 15.7 Å². The molecule has 0 fully saturated rings. The first-order valence-corrected chi connectivity index (χ1v) is 7.81. The number of anilines is 1. The normalized spacial score (nSPS) is 10.7. The van der Waals surface area contributed by atoms with E-state index in [-0.39, 0.29) is 11.6 Å². The Hall–Kier alpha value is -3.36. The average Bonchev–Trinajstić information content (AvgIpc) is 2.98. The zero-order valence-corrected chi connectivity index (χ0v) is 14.3. The van der Waals surface area contributed by atoms with E-state index in [1.807, 2.05) is 30.8 Å². The SMILES string of the molecule is Cc1cc(C)n(-c2ccc(C(=O)NNc3c(F)c(F)cc(F)c3F)cc2)n1. The molecule has 2 aromatic carbocycles. The molecule has 0 spiro atoms. The van der Waals surface area contributed by atoms with Gasteiger partial charge in [0.1, 0.15) is 5.69 Å². The lowest BCUT2D eigenvalue weighted by Crippen LogP contribution is -2.30. The van der Waals surface area contributed by atoms with Gasteiger partial charge < -0.3 is 0 Å². The van der Waals surface area contributed by atoms with Gasteiger partial charge in [-0.25, -0.2) is 22.2 Å². The molecule has 0 unspecified atom stereocenters. The Labute approximate surface area is 151 Å². The topological polar surface area (TPSA) is 59.0 Å². The maximum absolute atomic E-state index is 13.6. The van der Waals surface area contributed by atoms with Crippen molar-refractivity contribution in [2.75, 3.05) is 5.43 Å². The molecule has 1 heterocycles. The molecule has 27 heavy (non-hydrogen) atoms. The molecule has 3 aromatic rings. The summed E-state index contributed by atoms with van der Waals surface area (Å²) in [6, 6.07) is 8.19. The molecule has 1 amide bonds. The fraction of sp³-hybridized carbons (Fsp3) is 0.111. The van der Waals surface area contributed by atoms with Gasteiger partial charge in [-0.2, -0.15) is 5.10 Å². The van der Waals surface area contributed by atoms with E-state index in [2.05, 4.69) is 5.10 Å². The number of nitrogens with zero attached hydrogens (tertiary/aromatic N) is 2. The number of carbonyl (C=O) groups excluding carboxylic acids is 1. The Morgan fingerprint density at radius 2 is 1.56 bits per heavy atom. The Morgan fingerprint density at radius 1 is 0.963 bits per heavy atom. The van der Waals surface area contributed by atoms with Crippen LogP contribution in [0.3, 0.4) is 0 Å². The van der Waals surface area contributed by atoms with Crippen molar-refractivity contribution in [2.45, 2.75) is 13.8 Å². The first kappa shape index (κ1) is 18.4. The molecule has 0 bridgehead atoms. The van der Waals surface area contributed by atoms with Crippen LogP contribution in [0.5, 0.6) is 0 Å². The van der Waals surface area contributed by atoms with Crippen LogP contribution < -0.4 is 10.9 Å². The Balaban J connectivity index is 1.75. The predicted molar refractivity (Wildman–Crippen MR) is 90.4 cm³/mol. The smallest absolute Gasteiger partial charge is 0.269 e. The van der Waals surface area contributed by atoms with E-state index < -0.39 is 34.9 Å². The van der Waals surface area contributed by atoms with Crippen LogP contribution in [0, 0.1) is 37.1 Å². The van der Waals surface area contributed by atoms with Gasteiger partial charge >= 0.3 is 0 Å². The maximum Gasteiger partial charge on any atom is 0.269 e. The zero-order chi connectivity index (χ0) is 19.7. The lowest BCUT2D eigenvalue weighted by molar-refractivity contribution is 0.0962. The van der Waals surface area contributed by atoms with Crippen LogP contribution in [-0.2, 0) is 0 Å².